The van der Waals surface area contributed by atoms with Gasteiger partial charge in [-0.2, -0.15) is 8.42 Å². The normalized spacial score (nSPS) is 10.7. The zero-order valence-corrected chi connectivity index (χ0v) is 12.4. The van der Waals surface area contributed by atoms with Gasteiger partial charge in [-0.05, 0) is 19.1 Å². The Morgan fingerprint density at radius 3 is 2.42 bits per heavy atom. The molecule has 0 atom stereocenters. The summed E-state index contributed by atoms with van der Waals surface area (Å²) in [5.41, 5.74) is 0.922. The van der Waals surface area contributed by atoms with Crippen molar-refractivity contribution in [2.45, 2.75) is 6.92 Å². The number of nitrogens with one attached hydrogen (secondary N) is 1. The lowest BCUT2D eigenvalue weighted by atomic mass is 10.3. The predicted molar refractivity (Wildman–Crippen MR) is 77.5 cm³/mol. The Morgan fingerprint density at radius 1 is 1.37 bits per heavy atom. The molecule has 0 aliphatic heterocycles. The molecule has 0 heterocycles. The first-order valence-corrected chi connectivity index (χ1v) is 7.40. The van der Waals surface area contributed by atoms with E-state index >= 15 is 0 Å². The standard InChI is InChI=1S/C9H12N2O.C3H8O3S/c1-10-7-11-8-5-3-4-6-9(8)12-2;1-3-6-7(2,4)5/h3-7H,1-2H3,(H,10,11);3H2,1-2H3. The van der Waals surface area contributed by atoms with Crippen molar-refractivity contribution in [3.63, 3.8) is 0 Å². The van der Waals surface area contributed by atoms with Crippen LogP contribution in [0.2, 0.25) is 0 Å². The van der Waals surface area contributed by atoms with Crippen LogP contribution in [-0.4, -0.2) is 41.8 Å². The number of rotatable bonds is 5. The Hall–Kier alpha value is -1.60. The second-order valence-electron chi connectivity index (χ2n) is 3.34. The van der Waals surface area contributed by atoms with Crippen LogP contribution in [0.25, 0.3) is 0 Å². The molecule has 0 spiro atoms. The number of nitrogens with zero attached hydrogens (tertiary/aromatic N) is 1. The molecular formula is C12H20N2O4S. The van der Waals surface area contributed by atoms with Crippen LogP contribution in [0, 0.1) is 0 Å². The number of para-hydroxylation sites is 2. The average molecular weight is 288 g/mol. The van der Waals surface area contributed by atoms with E-state index in [1.807, 2.05) is 24.3 Å². The molecule has 1 N–H and O–H groups in total. The average Bonchev–Trinajstić information content (AvgIpc) is 2.36. The van der Waals surface area contributed by atoms with Crippen LogP contribution >= 0.6 is 0 Å². The van der Waals surface area contributed by atoms with Gasteiger partial charge in [0.1, 0.15) is 5.75 Å². The van der Waals surface area contributed by atoms with Crippen LogP contribution < -0.4 is 10.1 Å². The monoisotopic (exact) mass is 288 g/mol. The number of ether oxygens (including phenoxy) is 1. The Morgan fingerprint density at radius 2 is 2.00 bits per heavy atom. The van der Waals surface area contributed by atoms with E-state index in [-0.39, 0.29) is 6.61 Å². The molecule has 1 aromatic rings. The molecule has 6 nitrogen and oxygen atoms in total. The summed E-state index contributed by atoms with van der Waals surface area (Å²) in [5, 5.41) is 3.00. The highest BCUT2D eigenvalue weighted by Gasteiger charge is 1.96. The zero-order valence-electron chi connectivity index (χ0n) is 11.6. The minimum absolute atomic E-state index is 0.221. The molecule has 0 radical (unpaired) electrons. The lowest BCUT2D eigenvalue weighted by molar-refractivity contribution is 0.342. The summed E-state index contributed by atoms with van der Waals surface area (Å²) in [6.45, 7) is 1.85. The number of hydrogen-bond acceptors (Lipinski definition) is 5. The summed E-state index contributed by atoms with van der Waals surface area (Å²) in [4.78, 5) is 3.81. The van der Waals surface area contributed by atoms with E-state index in [0.29, 0.717) is 0 Å². The fourth-order valence-corrected chi connectivity index (χ4v) is 1.54. The molecular weight excluding hydrogens is 268 g/mol. The summed E-state index contributed by atoms with van der Waals surface area (Å²) < 4.78 is 29.3. The SMILES string of the molecule is CCOS(C)(=O)=O.CN=CNc1ccccc1OC. The molecule has 1 aromatic carbocycles. The van der Waals surface area contributed by atoms with Gasteiger partial charge in [0.15, 0.2) is 0 Å². The van der Waals surface area contributed by atoms with E-state index in [4.69, 9.17) is 4.74 Å². The summed E-state index contributed by atoms with van der Waals surface area (Å²) in [6.07, 6.45) is 2.65. The second-order valence-corrected chi connectivity index (χ2v) is 4.99. The van der Waals surface area contributed by atoms with E-state index < -0.39 is 10.1 Å². The Balaban J connectivity index is 0.000000399. The van der Waals surface area contributed by atoms with Crippen molar-refractivity contribution in [3.05, 3.63) is 24.3 Å². The maximum absolute atomic E-state index is 10.0. The minimum atomic E-state index is -3.17. The van der Waals surface area contributed by atoms with E-state index in [9.17, 15) is 8.42 Å². The van der Waals surface area contributed by atoms with Crippen LogP contribution in [0.3, 0.4) is 0 Å². The smallest absolute Gasteiger partial charge is 0.264 e. The van der Waals surface area contributed by atoms with Crippen molar-refractivity contribution < 1.29 is 17.3 Å². The van der Waals surface area contributed by atoms with Crippen molar-refractivity contribution in [1.29, 1.82) is 0 Å². The Labute approximate surface area is 114 Å². The van der Waals surface area contributed by atoms with Gasteiger partial charge in [-0.15, -0.1) is 0 Å². The van der Waals surface area contributed by atoms with Gasteiger partial charge in [-0.3, -0.25) is 9.18 Å². The van der Waals surface area contributed by atoms with Crippen molar-refractivity contribution in [1.82, 2.24) is 0 Å². The van der Waals surface area contributed by atoms with Crippen molar-refractivity contribution in [3.8, 4) is 5.75 Å². The van der Waals surface area contributed by atoms with Gasteiger partial charge >= 0.3 is 0 Å². The van der Waals surface area contributed by atoms with Crippen LogP contribution in [0.15, 0.2) is 29.3 Å². The van der Waals surface area contributed by atoms with Gasteiger partial charge in [0.05, 0.1) is 32.0 Å². The van der Waals surface area contributed by atoms with Gasteiger partial charge in [-0.25, -0.2) is 0 Å². The van der Waals surface area contributed by atoms with Crippen molar-refractivity contribution in [2.24, 2.45) is 4.99 Å². The highest BCUT2D eigenvalue weighted by Crippen LogP contribution is 2.21. The first-order chi connectivity index (χ1) is 8.94. The third kappa shape index (κ3) is 9.04. The fourth-order valence-electron chi connectivity index (χ4n) is 1.11. The second kappa shape index (κ2) is 9.35. The molecule has 0 aliphatic carbocycles. The van der Waals surface area contributed by atoms with Crippen LogP contribution in [-0.2, 0) is 14.3 Å². The maximum atomic E-state index is 10.0. The summed E-state index contributed by atoms with van der Waals surface area (Å²) >= 11 is 0. The van der Waals surface area contributed by atoms with E-state index in [1.54, 1.807) is 27.4 Å². The highest BCUT2D eigenvalue weighted by molar-refractivity contribution is 7.85. The van der Waals surface area contributed by atoms with Gasteiger partial charge in [-0.1, -0.05) is 12.1 Å². The molecule has 0 saturated carbocycles. The molecule has 1 rings (SSSR count). The molecule has 108 valence electrons. The molecule has 0 unspecified atom stereocenters. The van der Waals surface area contributed by atoms with Gasteiger partial charge in [0.25, 0.3) is 10.1 Å². The van der Waals surface area contributed by atoms with E-state index in [1.165, 1.54) is 0 Å². The quantitative estimate of drug-likeness (QED) is 0.507. The van der Waals surface area contributed by atoms with Crippen molar-refractivity contribution in [2.75, 3.05) is 32.3 Å². The van der Waals surface area contributed by atoms with Gasteiger partial charge in [0, 0.05) is 7.05 Å². The third-order valence-electron chi connectivity index (χ3n) is 1.79. The molecule has 7 heteroatoms. The number of aliphatic imine (C=N–C) groups is 1. The molecule has 0 amide bonds. The molecule has 0 aliphatic rings. The van der Waals surface area contributed by atoms with E-state index in [0.717, 1.165) is 17.7 Å². The Kier molecular flexibility index (Phi) is 8.56. The topological polar surface area (TPSA) is 77.0 Å². The van der Waals surface area contributed by atoms with Crippen LogP contribution in [0.1, 0.15) is 6.92 Å². The van der Waals surface area contributed by atoms with Gasteiger partial charge < -0.3 is 10.1 Å². The third-order valence-corrected chi connectivity index (χ3v) is 2.45. The van der Waals surface area contributed by atoms with E-state index in [2.05, 4.69) is 14.5 Å². The summed E-state index contributed by atoms with van der Waals surface area (Å²) in [7, 11) is 0.179. The first kappa shape index (κ1) is 17.4. The summed E-state index contributed by atoms with van der Waals surface area (Å²) in [6, 6.07) is 7.69. The van der Waals surface area contributed by atoms with Crippen molar-refractivity contribution >= 4 is 22.1 Å². The lowest BCUT2D eigenvalue weighted by Gasteiger charge is -2.05. The molecule has 0 aromatic heterocycles. The maximum Gasteiger partial charge on any atom is 0.264 e. The van der Waals surface area contributed by atoms with Gasteiger partial charge in [0.2, 0.25) is 0 Å². The number of methoxy groups -OCH3 is 1. The molecule has 19 heavy (non-hydrogen) atoms. The molecule has 0 saturated heterocycles. The molecule has 0 bridgehead atoms. The molecule has 0 fully saturated rings. The van der Waals surface area contributed by atoms with Crippen LogP contribution in [0.4, 0.5) is 5.69 Å². The number of hydrogen-bond donors (Lipinski definition) is 1. The fraction of sp³-hybridized carbons (Fsp3) is 0.417. The minimum Gasteiger partial charge on any atom is -0.495 e. The highest BCUT2D eigenvalue weighted by atomic mass is 32.2. The van der Waals surface area contributed by atoms with Crippen LogP contribution in [0.5, 0.6) is 5.75 Å². The zero-order chi connectivity index (χ0) is 14.7. The predicted octanol–water partition coefficient (Wildman–Crippen LogP) is 1.75. The lowest BCUT2D eigenvalue weighted by Crippen LogP contribution is -2.00. The first-order valence-electron chi connectivity index (χ1n) is 5.59. The largest absolute Gasteiger partial charge is 0.495 e. The Bertz CT molecular complexity index is 486. The summed E-state index contributed by atoms with van der Waals surface area (Å²) in [5.74, 6) is 0.817. The number of benzene rings is 1. The number of anilines is 1.